The Kier molecular flexibility index (Phi) is 4.96. The summed E-state index contributed by atoms with van der Waals surface area (Å²) in [6.07, 6.45) is 6.21. The average molecular weight is 263 g/mol. The lowest BCUT2D eigenvalue weighted by atomic mass is 10.2. The minimum Gasteiger partial charge on any atom is -0.334 e. The van der Waals surface area contributed by atoms with Crippen molar-refractivity contribution in [1.29, 1.82) is 0 Å². The highest BCUT2D eigenvalue weighted by Gasteiger charge is 2.04. The fourth-order valence-electron chi connectivity index (χ4n) is 2.08. The van der Waals surface area contributed by atoms with E-state index in [1.54, 1.807) is 0 Å². The molecule has 0 bridgehead atoms. The molecule has 0 amide bonds. The average Bonchev–Trinajstić information content (AvgIpc) is 2.99. The summed E-state index contributed by atoms with van der Waals surface area (Å²) in [5.41, 5.74) is 1.46. The Morgan fingerprint density at radius 1 is 1.33 bits per heavy atom. The van der Waals surface area contributed by atoms with Crippen LogP contribution in [0.1, 0.15) is 36.5 Å². The molecule has 18 heavy (non-hydrogen) atoms. The number of aromatic nitrogens is 2. The molecule has 4 heteroatoms. The van der Waals surface area contributed by atoms with Gasteiger partial charge < -0.3 is 9.88 Å². The van der Waals surface area contributed by atoms with Crippen molar-refractivity contribution in [2.24, 2.45) is 0 Å². The summed E-state index contributed by atoms with van der Waals surface area (Å²) in [5.74, 6) is 1.13. The molecule has 3 nitrogen and oxygen atoms in total. The zero-order chi connectivity index (χ0) is 12.8. The second kappa shape index (κ2) is 6.71. The van der Waals surface area contributed by atoms with Crippen LogP contribution in [0.3, 0.4) is 0 Å². The van der Waals surface area contributed by atoms with E-state index in [9.17, 15) is 0 Å². The summed E-state index contributed by atoms with van der Waals surface area (Å²) in [4.78, 5) is 5.85. The Labute approximate surface area is 113 Å². The first-order valence-corrected chi connectivity index (χ1v) is 7.49. The summed E-state index contributed by atoms with van der Waals surface area (Å²) in [5, 5.41) is 5.67. The van der Waals surface area contributed by atoms with Crippen LogP contribution in [0.4, 0.5) is 0 Å². The van der Waals surface area contributed by atoms with Gasteiger partial charge in [-0.1, -0.05) is 13.8 Å². The molecule has 0 radical (unpaired) electrons. The molecule has 0 saturated heterocycles. The van der Waals surface area contributed by atoms with Gasteiger partial charge in [-0.05, 0) is 29.9 Å². The molecular formula is C14H21N3S. The van der Waals surface area contributed by atoms with E-state index in [1.165, 1.54) is 10.4 Å². The molecule has 0 spiro atoms. The van der Waals surface area contributed by atoms with E-state index in [-0.39, 0.29) is 0 Å². The van der Waals surface area contributed by atoms with Crippen molar-refractivity contribution < 1.29 is 0 Å². The van der Waals surface area contributed by atoms with E-state index in [2.05, 4.69) is 46.4 Å². The molecule has 0 aliphatic rings. The van der Waals surface area contributed by atoms with E-state index in [1.807, 2.05) is 17.5 Å². The van der Waals surface area contributed by atoms with Crippen molar-refractivity contribution in [2.45, 2.75) is 46.3 Å². The van der Waals surface area contributed by atoms with Crippen molar-refractivity contribution in [2.75, 3.05) is 0 Å². The first-order chi connectivity index (χ1) is 8.85. The third-order valence-corrected chi connectivity index (χ3v) is 4.02. The Hall–Kier alpha value is -1.13. The lowest BCUT2D eigenvalue weighted by Crippen LogP contribution is -2.16. The largest absolute Gasteiger partial charge is 0.334 e. The Balaban J connectivity index is 1.86. The topological polar surface area (TPSA) is 29.9 Å². The number of hydrogen-bond donors (Lipinski definition) is 1. The number of aryl methyl sites for hydroxylation is 2. The molecule has 0 saturated carbocycles. The molecule has 0 aliphatic heterocycles. The Morgan fingerprint density at radius 3 is 3.00 bits per heavy atom. The fourth-order valence-corrected chi connectivity index (χ4v) is 3.02. The van der Waals surface area contributed by atoms with Gasteiger partial charge in [-0.15, -0.1) is 11.3 Å². The predicted octanol–water partition coefficient (Wildman–Crippen LogP) is 3.21. The van der Waals surface area contributed by atoms with E-state index in [0.29, 0.717) is 0 Å². The van der Waals surface area contributed by atoms with Gasteiger partial charge >= 0.3 is 0 Å². The first-order valence-electron chi connectivity index (χ1n) is 6.61. The van der Waals surface area contributed by atoms with Crippen molar-refractivity contribution in [3.8, 4) is 0 Å². The SMILES string of the molecule is CCCn1ccnc1CNCc1sccc1CC. The number of nitrogens with one attached hydrogen (secondary N) is 1. The van der Waals surface area contributed by atoms with Crippen molar-refractivity contribution in [3.05, 3.63) is 40.1 Å². The third kappa shape index (κ3) is 3.21. The lowest BCUT2D eigenvalue weighted by Gasteiger charge is -2.08. The molecule has 2 rings (SSSR count). The molecule has 2 aromatic rings. The van der Waals surface area contributed by atoms with Crippen LogP contribution in [0.25, 0.3) is 0 Å². The second-order valence-corrected chi connectivity index (χ2v) is 5.36. The van der Waals surface area contributed by atoms with Crippen LogP contribution in [0.2, 0.25) is 0 Å². The van der Waals surface area contributed by atoms with Gasteiger partial charge in [0, 0.05) is 30.4 Å². The summed E-state index contributed by atoms with van der Waals surface area (Å²) < 4.78 is 2.22. The van der Waals surface area contributed by atoms with Gasteiger partial charge in [0.15, 0.2) is 0 Å². The molecule has 0 unspecified atom stereocenters. The van der Waals surface area contributed by atoms with Crippen LogP contribution in [-0.4, -0.2) is 9.55 Å². The lowest BCUT2D eigenvalue weighted by molar-refractivity contribution is 0.589. The number of rotatable bonds is 7. The quantitative estimate of drug-likeness (QED) is 0.831. The fraction of sp³-hybridized carbons (Fsp3) is 0.500. The highest BCUT2D eigenvalue weighted by atomic mass is 32.1. The molecule has 1 N–H and O–H groups in total. The third-order valence-electron chi connectivity index (χ3n) is 3.05. The maximum absolute atomic E-state index is 4.40. The van der Waals surface area contributed by atoms with E-state index in [0.717, 1.165) is 38.3 Å². The van der Waals surface area contributed by atoms with Gasteiger partial charge in [0.25, 0.3) is 0 Å². The molecular weight excluding hydrogens is 242 g/mol. The van der Waals surface area contributed by atoms with Crippen molar-refractivity contribution >= 4 is 11.3 Å². The number of hydrogen-bond acceptors (Lipinski definition) is 3. The molecule has 2 aromatic heterocycles. The Morgan fingerprint density at radius 2 is 2.22 bits per heavy atom. The summed E-state index contributed by atoms with van der Waals surface area (Å²) >= 11 is 1.84. The van der Waals surface area contributed by atoms with Gasteiger partial charge in [0.2, 0.25) is 0 Å². The maximum atomic E-state index is 4.40. The summed E-state index contributed by atoms with van der Waals surface area (Å²) in [6, 6.07) is 2.22. The van der Waals surface area contributed by atoms with E-state index >= 15 is 0 Å². The van der Waals surface area contributed by atoms with Crippen LogP contribution in [-0.2, 0) is 26.1 Å². The smallest absolute Gasteiger partial charge is 0.122 e. The van der Waals surface area contributed by atoms with Gasteiger partial charge in [-0.3, -0.25) is 0 Å². The van der Waals surface area contributed by atoms with Crippen LogP contribution in [0.5, 0.6) is 0 Å². The normalized spacial score (nSPS) is 11.0. The number of nitrogens with zero attached hydrogens (tertiary/aromatic N) is 2. The van der Waals surface area contributed by atoms with E-state index < -0.39 is 0 Å². The molecule has 0 aliphatic carbocycles. The molecule has 98 valence electrons. The minimum absolute atomic E-state index is 0.841. The van der Waals surface area contributed by atoms with Gasteiger partial charge in [0.05, 0.1) is 6.54 Å². The zero-order valence-electron chi connectivity index (χ0n) is 11.1. The van der Waals surface area contributed by atoms with Crippen LogP contribution >= 0.6 is 11.3 Å². The first kappa shape index (κ1) is 13.3. The minimum atomic E-state index is 0.841. The highest BCUT2D eigenvalue weighted by molar-refractivity contribution is 7.10. The molecule has 2 heterocycles. The second-order valence-electron chi connectivity index (χ2n) is 4.36. The monoisotopic (exact) mass is 263 g/mol. The standard InChI is InChI=1S/C14H21N3S/c1-3-7-17-8-6-16-14(17)11-15-10-13-12(4-2)5-9-18-13/h5-6,8-9,15H,3-4,7,10-11H2,1-2H3. The van der Waals surface area contributed by atoms with E-state index in [4.69, 9.17) is 0 Å². The van der Waals surface area contributed by atoms with Crippen LogP contribution < -0.4 is 5.32 Å². The summed E-state index contributed by atoms with van der Waals surface area (Å²) in [6.45, 7) is 7.24. The zero-order valence-corrected chi connectivity index (χ0v) is 12.0. The number of imidazole rings is 1. The molecule has 0 atom stereocenters. The number of thiophene rings is 1. The highest BCUT2D eigenvalue weighted by Crippen LogP contribution is 2.17. The van der Waals surface area contributed by atoms with Gasteiger partial charge in [-0.2, -0.15) is 0 Å². The Bertz CT molecular complexity index is 473. The predicted molar refractivity (Wildman–Crippen MR) is 76.8 cm³/mol. The van der Waals surface area contributed by atoms with Crippen LogP contribution in [0.15, 0.2) is 23.8 Å². The van der Waals surface area contributed by atoms with Crippen molar-refractivity contribution in [3.63, 3.8) is 0 Å². The van der Waals surface area contributed by atoms with Gasteiger partial charge in [-0.25, -0.2) is 4.98 Å². The molecule has 0 fully saturated rings. The molecule has 0 aromatic carbocycles. The van der Waals surface area contributed by atoms with Crippen LogP contribution in [0, 0.1) is 0 Å². The summed E-state index contributed by atoms with van der Waals surface area (Å²) in [7, 11) is 0. The van der Waals surface area contributed by atoms with Gasteiger partial charge in [0.1, 0.15) is 5.82 Å². The maximum Gasteiger partial charge on any atom is 0.122 e. The van der Waals surface area contributed by atoms with Crippen molar-refractivity contribution in [1.82, 2.24) is 14.9 Å².